The first-order valence-corrected chi connectivity index (χ1v) is 6.38. The number of aromatic nitrogens is 1. The van der Waals surface area contributed by atoms with Gasteiger partial charge in [-0.3, -0.25) is 4.79 Å². The molecule has 1 unspecified atom stereocenters. The van der Waals surface area contributed by atoms with E-state index in [0.29, 0.717) is 11.4 Å². The van der Waals surface area contributed by atoms with Crippen LogP contribution in [0, 0.1) is 5.82 Å². The lowest BCUT2D eigenvalue weighted by Gasteiger charge is -2.14. The van der Waals surface area contributed by atoms with Crippen molar-refractivity contribution >= 4 is 16.9 Å². The minimum absolute atomic E-state index is 0.236. The second kappa shape index (κ2) is 5.86. The number of halogens is 1. The molecular formula is C15H16FNO3. The quantitative estimate of drug-likeness (QED) is 0.806. The number of carbonyl (C=O) groups excluding carboxylic acids is 1. The summed E-state index contributed by atoms with van der Waals surface area (Å²) in [5.41, 5.74) is 0.657. The number of ether oxygens (including phenoxy) is 2. The summed E-state index contributed by atoms with van der Waals surface area (Å²) in [5, 5.41) is 0.748. The summed E-state index contributed by atoms with van der Waals surface area (Å²) in [5.74, 6) is -1.29. The molecule has 1 aromatic carbocycles. The van der Waals surface area contributed by atoms with Gasteiger partial charge >= 0.3 is 5.97 Å². The lowest BCUT2D eigenvalue weighted by molar-refractivity contribution is -0.144. The first-order chi connectivity index (χ1) is 9.58. The van der Waals surface area contributed by atoms with Gasteiger partial charge in [0, 0.05) is 17.0 Å². The number of hydrogen-bond donors (Lipinski definition) is 0. The molecular weight excluding hydrogens is 261 g/mol. The molecule has 0 bridgehead atoms. The fraction of sp³-hybridized carbons (Fsp3) is 0.333. The second-order valence-electron chi connectivity index (χ2n) is 4.36. The Bertz CT molecular complexity index is 642. The van der Waals surface area contributed by atoms with Crippen LogP contribution in [-0.4, -0.2) is 24.7 Å². The van der Waals surface area contributed by atoms with E-state index >= 15 is 0 Å². The molecule has 20 heavy (non-hydrogen) atoms. The Morgan fingerprint density at radius 1 is 1.35 bits per heavy atom. The molecule has 0 aliphatic heterocycles. The van der Waals surface area contributed by atoms with Gasteiger partial charge in [0.05, 0.1) is 25.2 Å². The van der Waals surface area contributed by atoms with Gasteiger partial charge in [-0.15, -0.1) is 0 Å². The third-order valence-corrected chi connectivity index (χ3v) is 3.10. The fourth-order valence-corrected chi connectivity index (χ4v) is 2.08. The smallest absolute Gasteiger partial charge is 0.313 e. The minimum Gasteiger partial charge on any atom is -0.481 e. The van der Waals surface area contributed by atoms with Crippen molar-refractivity contribution < 1.29 is 18.7 Å². The molecule has 2 aromatic rings. The van der Waals surface area contributed by atoms with Crippen molar-refractivity contribution in [3.63, 3.8) is 0 Å². The van der Waals surface area contributed by atoms with Crippen molar-refractivity contribution in [2.45, 2.75) is 19.8 Å². The number of esters is 1. The number of nitrogens with zero attached hydrogens (tertiary/aromatic N) is 1. The highest BCUT2D eigenvalue weighted by atomic mass is 19.1. The Kier molecular flexibility index (Phi) is 4.17. The summed E-state index contributed by atoms with van der Waals surface area (Å²) in [4.78, 5) is 16.1. The van der Waals surface area contributed by atoms with Crippen molar-refractivity contribution in [1.29, 1.82) is 0 Å². The first kappa shape index (κ1) is 14.2. The number of hydrogen-bond acceptors (Lipinski definition) is 4. The molecule has 0 aliphatic carbocycles. The van der Waals surface area contributed by atoms with Gasteiger partial charge in [-0.1, -0.05) is 0 Å². The van der Waals surface area contributed by atoms with Crippen LogP contribution < -0.4 is 4.74 Å². The molecule has 0 amide bonds. The van der Waals surface area contributed by atoms with Crippen molar-refractivity contribution in [1.82, 2.24) is 4.98 Å². The van der Waals surface area contributed by atoms with E-state index in [0.717, 1.165) is 5.39 Å². The van der Waals surface area contributed by atoms with E-state index in [4.69, 9.17) is 9.47 Å². The maximum Gasteiger partial charge on any atom is 0.313 e. The van der Waals surface area contributed by atoms with Gasteiger partial charge in [0.15, 0.2) is 0 Å². The number of rotatable bonds is 4. The Balaban J connectivity index is 2.60. The van der Waals surface area contributed by atoms with Crippen LogP contribution in [0.3, 0.4) is 0 Å². The molecule has 4 nitrogen and oxygen atoms in total. The van der Waals surface area contributed by atoms with E-state index < -0.39 is 17.7 Å². The molecule has 0 saturated carbocycles. The van der Waals surface area contributed by atoms with E-state index in [1.54, 1.807) is 32.0 Å². The Morgan fingerprint density at radius 2 is 2.05 bits per heavy atom. The maximum atomic E-state index is 14.1. The van der Waals surface area contributed by atoms with Crippen LogP contribution in [0.5, 0.6) is 5.88 Å². The molecule has 1 aromatic heterocycles. The molecule has 5 heteroatoms. The van der Waals surface area contributed by atoms with Gasteiger partial charge in [-0.05, 0) is 32.0 Å². The highest BCUT2D eigenvalue weighted by Crippen LogP contribution is 2.29. The summed E-state index contributed by atoms with van der Waals surface area (Å²) in [6, 6.07) is 6.43. The van der Waals surface area contributed by atoms with Crippen LogP contribution in [0.2, 0.25) is 0 Å². The SMILES string of the molecule is CCOC(=O)C(C)c1c(F)ccc2ccc(OC)nc12. The van der Waals surface area contributed by atoms with Crippen LogP contribution in [0.15, 0.2) is 24.3 Å². The maximum absolute atomic E-state index is 14.1. The van der Waals surface area contributed by atoms with E-state index in [2.05, 4.69) is 4.98 Å². The van der Waals surface area contributed by atoms with Gasteiger partial charge in [-0.25, -0.2) is 9.37 Å². The van der Waals surface area contributed by atoms with Crippen molar-refractivity contribution in [2.75, 3.05) is 13.7 Å². The Hall–Kier alpha value is -2.17. The Labute approximate surface area is 116 Å². The number of methoxy groups -OCH3 is 1. The molecule has 0 N–H and O–H groups in total. The summed E-state index contributed by atoms with van der Waals surface area (Å²) in [6.45, 7) is 3.58. The molecule has 106 valence electrons. The minimum atomic E-state index is -0.724. The number of benzene rings is 1. The highest BCUT2D eigenvalue weighted by molar-refractivity contribution is 5.89. The largest absolute Gasteiger partial charge is 0.481 e. The Morgan fingerprint density at radius 3 is 2.70 bits per heavy atom. The van der Waals surface area contributed by atoms with Gasteiger partial charge < -0.3 is 9.47 Å². The summed E-state index contributed by atoms with van der Waals surface area (Å²) in [7, 11) is 1.49. The normalized spacial score (nSPS) is 12.2. The van der Waals surface area contributed by atoms with E-state index in [9.17, 15) is 9.18 Å². The van der Waals surface area contributed by atoms with Gasteiger partial charge in [-0.2, -0.15) is 0 Å². The van der Waals surface area contributed by atoms with Crippen molar-refractivity contribution in [3.05, 3.63) is 35.6 Å². The molecule has 2 rings (SSSR count). The molecule has 0 aliphatic rings. The van der Waals surface area contributed by atoms with E-state index in [1.807, 2.05) is 0 Å². The second-order valence-corrected chi connectivity index (χ2v) is 4.36. The predicted molar refractivity (Wildman–Crippen MR) is 73.3 cm³/mol. The lowest BCUT2D eigenvalue weighted by atomic mass is 9.97. The number of carbonyl (C=O) groups is 1. The molecule has 0 spiro atoms. The monoisotopic (exact) mass is 277 g/mol. The predicted octanol–water partition coefficient (Wildman–Crippen LogP) is 3.05. The van der Waals surface area contributed by atoms with Crippen LogP contribution >= 0.6 is 0 Å². The van der Waals surface area contributed by atoms with Gasteiger partial charge in [0.2, 0.25) is 5.88 Å². The average Bonchev–Trinajstić information content (AvgIpc) is 2.46. The third-order valence-electron chi connectivity index (χ3n) is 3.10. The van der Waals surface area contributed by atoms with Crippen molar-refractivity contribution in [3.8, 4) is 5.88 Å². The number of fused-ring (bicyclic) bond motifs is 1. The summed E-state index contributed by atoms with van der Waals surface area (Å²) < 4.78 is 24.1. The molecule has 0 radical (unpaired) electrons. The summed E-state index contributed by atoms with van der Waals surface area (Å²) >= 11 is 0. The van der Waals surface area contributed by atoms with Crippen LogP contribution in [0.25, 0.3) is 10.9 Å². The van der Waals surface area contributed by atoms with Crippen LogP contribution in [0.4, 0.5) is 4.39 Å². The molecule has 1 atom stereocenters. The number of pyridine rings is 1. The summed E-state index contributed by atoms with van der Waals surface area (Å²) in [6.07, 6.45) is 0. The zero-order valence-electron chi connectivity index (χ0n) is 11.6. The van der Waals surface area contributed by atoms with E-state index in [1.165, 1.54) is 13.2 Å². The molecule has 1 heterocycles. The van der Waals surface area contributed by atoms with Gasteiger partial charge in [0.1, 0.15) is 5.82 Å². The third kappa shape index (κ3) is 2.57. The molecule has 0 fully saturated rings. The van der Waals surface area contributed by atoms with Crippen LogP contribution in [-0.2, 0) is 9.53 Å². The average molecular weight is 277 g/mol. The lowest BCUT2D eigenvalue weighted by Crippen LogP contribution is -2.15. The zero-order valence-corrected chi connectivity index (χ0v) is 11.6. The van der Waals surface area contributed by atoms with Gasteiger partial charge in [0.25, 0.3) is 0 Å². The topological polar surface area (TPSA) is 48.4 Å². The zero-order chi connectivity index (χ0) is 14.7. The molecule has 0 saturated heterocycles. The van der Waals surface area contributed by atoms with E-state index in [-0.39, 0.29) is 12.2 Å². The fourth-order valence-electron chi connectivity index (χ4n) is 2.08. The van der Waals surface area contributed by atoms with Crippen molar-refractivity contribution in [2.24, 2.45) is 0 Å². The first-order valence-electron chi connectivity index (χ1n) is 6.38. The van der Waals surface area contributed by atoms with Crippen LogP contribution in [0.1, 0.15) is 25.3 Å². The highest BCUT2D eigenvalue weighted by Gasteiger charge is 2.23. The standard InChI is InChI=1S/C15H16FNO3/c1-4-20-15(18)9(2)13-11(16)7-5-10-6-8-12(19-3)17-14(10)13/h5-9H,4H2,1-3H3.